The van der Waals surface area contributed by atoms with Crippen molar-refractivity contribution in [3.8, 4) is 5.75 Å². The Hall–Kier alpha value is -2.45. The number of thioether (sulfide) groups is 1. The van der Waals surface area contributed by atoms with Gasteiger partial charge < -0.3 is 4.74 Å². The number of rotatable bonds is 8. The smallest absolute Gasteiger partial charge is 0.267 e. The molecule has 8 heteroatoms. The van der Waals surface area contributed by atoms with Gasteiger partial charge in [-0.05, 0) is 43.2 Å². The van der Waals surface area contributed by atoms with Crippen LogP contribution in [-0.4, -0.2) is 22.2 Å². The summed E-state index contributed by atoms with van der Waals surface area (Å²) < 4.78 is 19.4. The number of aryl methyl sites for hydroxylation is 1. The van der Waals surface area contributed by atoms with Crippen LogP contribution in [0.2, 0.25) is 0 Å². The van der Waals surface area contributed by atoms with Gasteiger partial charge in [-0.3, -0.25) is 10.1 Å². The molecule has 0 radical (unpaired) electrons. The molecule has 3 aromatic rings. The summed E-state index contributed by atoms with van der Waals surface area (Å²) in [5.41, 5.74) is 2.43. The van der Waals surface area contributed by atoms with Crippen LogP contribution < -0.4 is 10.1 Å². The molecule has 0 aliphatic carbocycles. The summed E-state index contributed by atoms with van der Waals surface area (Å²) >= 11 is 2.90. The highest BCUT2D eigenvalue weighted by Gasteiger charge is 2.20. The van der Waals surface area contributed by atoms with Crippen LogP contribution in [0.1, 0.15) is 24.5 Å². The minimum atomic E-state index is -0.697. The molecule has 0 aliphatic heterocycles. The second kappa shape index (κ2) is 9.66. The Morgan fingerprint density at radius 1 is 1.25 bits per heavy atom. The number of nitrogens with zero attached hydrogens (tertiary/aromatic N) is 2. The number of ether oxygens (including phenoxy) is 1. The maximum Gasteiger partial charge on any atom is 0.267 e. The third-order valence-electron chi connectivity index (χ3n) is 3.84. The van der Waals surface area contributed by atoms with E-state index >= 15 is 0 Å². The first kappa shape index (κ1) is 20.3. The molecule has 0 fully saturated rings. The number of hydrogen-bond donors (Lipinski definition) is 1. The predicted molar refractivity (Wildman–Crippen MR) is 110 cm³/mol. The molecule has 0 saturated heterocycles. The van der Waals surface area contributed by atoms with Crippen molar-refractivity contribution < 1.29 is 13.9 Å². The maximum atomic E-state index is 13.0. The highest BCUT2D eigenvalue weighted by atomic mass is 32.2. The van der Waals surface area contributed by atoms with Crippen LogP contribution >= 0.6 is 23.1 Å². The average Bonchev–Trinajstić information content (AvgIpc) is 3.13. The highest BCUT2D eigenvalue weighted by molar-refractivity contribution is 8.00. The SMILES string of the molecule is CCC(Oc1ccc(F)cc1)C(=O)Nc1nnc(SCc2cccc(C)c2)s1. The van der Waals surface area contributed by atoms with Gasteiger partial charge >= 0.3 is 0 Å². The summed E-state index contributed by atoms with van der Waals surface area (Å²) in [7, 11) is 0. The number of carbonyl (C=O) groups is 1. The van der Waals surface area contributed by atoms with Crippen LogP contribution in [0.15, 0.2) is 52.9 Å². The number of benzene rings is 2. The zero-order valence-corrected chi connectivity index (χ0v) is 17.1. The van der Waals surface area contributed by atoms with E-state index in [0.717, 1.165) is 10.1 Å². The van der Waals surface area contributed by atoms with Crippen molar-refractivity contribution in [1.29, 1.82) is 0 Å². The average molecular weight is 418 g/mol. The van der Waals surface area contributed by atoms with E-state index in [2.05, 4.69) is 40.6 Å². The Morgan fingerprint density at radius 3 is 2.75 bits per heavy atom. The molecule has 0 bridgehead atoms. The van der Waals surface area contributed by atoms with E-state index in [0.29, 0.717) is 17.3 Å². The van der Waals surface area contributed by atoms with Crippen LogP contribution in [0.5, 0.6) is 5.75 Å². The summed E-state index contributed by atoms with van der Waals surface area (Å²) in [6.45, 7) is 3.90. The Balaban J connectivity index is 1.55. The van der Waals surface area contributed by atoms with E-state index in [4.69, 9.17) is 4.74 Å². The predicted octanol–water partition coefficient (Wildman–Crippen LogP) is 5.07. The number of carbonyl (C=O) groups excluding carboxylic acids is 1. The number of hydrogen-bond acceptors (Lipinski definition) is 6. The second-order valence-corrected chi connectivity index (χ2v) is 8.31. The summed E-state index contributed by atoms with van der Waals surface area (Å²) in [4.78, 5) is 12.5. The van der Waals surface area contributed by atoms with Gasteiger partial charge in [0.25, 0.3) is 5.91 Å². The fourth-order valence-electron chi connectivity index (χ4n) is 2.45. The summed E-state index contributed by atoms with van der Waals surface area (Å²) in [5.74, 6) is 0.567. The van der Waals surface area contributed by atoms with Crippen LogP contribution in [0.3, 0.4) is 0 Å². The first-order valence-corrected chi connectivity index (χ1v) is 10.6. The van der Waals surface area contributed by atoms with Crippen LogP contribution in [0, 0.1) is 12.7 Å². The van der Waals surface area contributed by atoms with Gasteiger partial charge in [0.05, 0.1) is 0 Å². The standard InChI is InChI=1S/C20H20FN3O2S2/c1-3-17(26-16-9-7-15(21)8-10-16)18(25)22-19-23-24-20(28-19)27-12-14-6-4-5-13(2)11-14/h4-11,17H,3,12H2,1-2H3,(H,22,23,25). The van der Waals surface area contributed by atoms with Crippen molar-refractivity contribution >= 4 is 34.1 Å². The summed E-state index contributed by atoms with van der Waals surface area (Å²) in [5, 5.41) is 11.3. The number of anilines is 1. The minimum Gasteiger partial charge on any atom is -0.481 e. The number of nitrogens with one attached hydrogen (secondary N) is 1. The van der Waals surface area contributed by atoms with Gasteiger partial charge in [0.15, 0.2) is 10.4 Å². The molecule has 0 aliphatic rings. The molecular weight excluding hydrogens is 397 g/mol. The van der Waals surface area contributed by atoms with Gasteiger partial charge in [-0.25, -0.2) is 4.39 Å². The molecule has 0 spiro atoms. The lowest BCUT2D eigenvalue weighted by molar-refractivity contribution is -0.122. The normalized spacial score (nSPS) is 11.8. The fourth-order valence-corrected chi connectivity index (χ4v) is 4.15. The van der Waals surface area contributed by atoms with E-state index in [1.807, 2.05) is 13.0 Å². The number of amides is 1. The maximum absolute atomic E-state index is 13.0. The van der Waals surface area contributed by atoms with Crippen molar-refractivity contribution in [3.63, 3.8) is 0 Å². The lowest BCUT2D eigenvalue weighted by Gasteiger charge is -2.16. The molecule has 2 aromatic carbocycles. The summed E-state index contributed by atoms with van der Waals surface area (Å²) in [6.07, 6.45) is -0.227. The van der Waals surface area contributed by atoms with Gasteiger partial charge in [0, 0.05) is 5.75 Å². The first-order valence-electron chi connectivity index (χ1n) is 8.78. The number of halogens is 1. The molecule has 1 aromatic heterocycles. The van der Waals surface area contributed by atoms with Gasteiger partial charge in [-0.2, -0.15) is 0 Å². The quantitative estimate of drug-likeness (QED) is 0.409. The Kier molecular flexibility index (Phi) is 7.00. The van der Waals surface area contributed by atoms with E-state index in [9.17, 15) is 9.18 Å². The van der Waals surface area contributed by atoms with E-state index in [1.165, 1.54) is 46.7 Å². The van der Waals surface area contributed by atoms with E-state index < -0.39 is 6.10 Å². The Bertz CT molecular complexity index is 931. The second-order valence-electron chi connectivity index (χ2n) is 6.11. The van der Waals surface area contributed by atoms with Gasteiger partial charge in [0.2, 0.25) is 5.13 Å². The van der Waals surface area contributed by atoms with E-state index in [-0.39, 0.29) is 11.7 Å². The van der Waals surface area contributed by atoms with Crippen molar-refractivity contribution in [1.82, 2.24) is 10.2 Å². The molecule has 5 nitrogen and oxygen atoms in total. The minimum absolute atomic E-state index is 0.307. The monoisotopic (exact) mass is 417 g/mol. The molecule has 28 heavy (non-hydrogen) atoms. The summed E-state index contributed by atoms with van der Waals surface area (Å²) in [6, 6.07) is 13.9. The van der Waals surface area contributed by atoms with E-state index in [1.54, 1.807) is 11.8 Å². The molecular formula is C20H20FN3O2S2. The third-order valence-corrected chi connectivity index (χ3v) is 5.88. The first-order chi connectivity index (χ1) is 13.5. The van der Waals surface area contributed by atoms with Crippen molar-refractivity contribution in [2.75, 3.05) is 5.32 Å². The Morgan fingerprint density at radius 2 is 2.04 bits per heavy atom. The molecule has 1 heterocycles. The lowest BCUT2D eigenvalue weighted by atomic mass is 10.2. The third kappa shape index (κ3) is 5.77. The lowest BCUT2D eigenvalue weighted by Crippen LogP contribution is -2.32. The highest BCUT2D eigenvalue weighted by Crippen LogP contribution is 2.28. The van der Waals surface area contributed by atoms with Gasteiger partial charge in [-0.15, -0.1) is 10.2 Å². The van der Waals surface area contributed by atoms with Crippen molar-refractivity contribution in [2.24, 2.45) is 0 Å². The van der Waals surface area contributed by atoms with Gasteiger partial charge in [-0.1, -0.05) is 59.9 Å². The largest absolute Gasteiger partial charge is 0.481 e. The topological polar surface area (TPSA) is 64.1 Å². The molecule has 1 unspecified atom stereocenters. The molecule has 0 saturated carbocycles. The molecule has 1 amide bonds. The van der Waals surface area contributed by atoms with Crippen LogP contribution in [0.25, 0.3) is 0 Å². The van der Waals surface area contributed by atoms with Crippen molar-refractivity contribution in [2.45, 2.75) is 36.5 Å². The zero-order valence-electron chi connectivity index (χ0n) is 15.5. The molecule has 3 rings (SSSR count). The number of aromatic nitrogens is 2. The van der Waals surface area contributed by atoms with Gasteiger partial charge in [0.1, 0.15) is 11.6 Å². The van der Waals surface area contributed by atoms with Crippen LogP contribution in [0.4, 0.5) is 9.52 Å². The fraction of sp³-hybridized carbons (Fsp3) is 0.250. The van der Waals surface area contributed by atoms with Crippen LogP contribution in [-0.2, 0) is 10.5 Å². The molecule has 1 N–H and O–H groups in total. The van der Waals surface area contributed by atoms with Crippen molar-refractivity contribution in [3.05, 3.63) is 65.5 Å². The molecule has 146 valence electrons. The molecule has 1 atom stereocenters. The zero-order chi connectivity index (χ0) is 19.9. The Labute approximate surface area is 171 Å².